The summed E-state index contributed by atoms with van der Waals surface area (Å²) in [6.45, 7) is 1.91. The molecule has 0 bridgehead atoms. The van der Waals surface area contributed by atoms with Crippen LogP contribution in [0.5, 0.6) is 0 Å². The van der Waals surface area contributed by atoms with Gasteiger partial charge in [-0.25, -0.2) is 0 Å². The molecule has 0 aliphatic rings. The summed E-state index contributed by atoms with van der Waals surface area (Å²) in [5, 5.41) is 14.0. The van der Waals surface area contributed by atoms with Crippen molar-refractivity contribution >= 4 is 11.4 Å². The molecule has 0 radical (unpaired) electrons. The number of nitro benzene ring substituents is 1. The molecule has 1 aromatic carbocycles. The van der Waals surface area contributed by atoms with Gasteiger partial charge in [0.15, 0.2) is 0 Å². The zero-order chi connectivity index (χ0) is 14.7. The van der Waals surface area contributed by atoms with Crippen molar-refractivity contribution in [3.05, 3.63) is 68.6 Å². The van der Waals surface area contributed by atoms with Crippen LogP contribution in [0.15, 0.2) is 47.4 Å². The van der Waals surface area contributed by atoms with E-state index in [4.69, 9.17) is 0 Å². The first-order valence-electron chi connectivity index (χ1n) is 6.15. The second-order valence-corrected chi connectivity index (χ2v) is 4.59. The van der Waals surface area contributed by atoms with Crippen molar-refractivity contribution in [2.24, 2.45) is 7.05 Å². The van der Waals surface area contributed by atoms with E-state index in [0.29, 0.717) is 0 Å². The van der Waals surface area contributed by atoms with Crippen LogP contribution in [0, 0.1) is 10.1 Å². The first kappa shape index (κ1) is 13.8. The highest BCUT2D eigenvalue weighted by Crippen LogP contribution is 2.22. The smallest absolute Gasteiger partial charge is 0.269 e. The summed E-state index contributed by atoms with van der Waals surface area (Å²) in [5.74, 6) is 0. The summed E-state index contributed by atoms with van der Waals surface area (Å²) in [5.41, 5.74) is 1.58. The molecule has 6 heteroatoms. The summed E-state index contributed by atoms with van der Waals surface area (Å²) in [6, 6.07) is 9.55. The number of benzene rings is 1. The fourth-order valence-corrected chi connectivity index (χ4v) is 1.92. The molecule has 1 heterocycles. The van der Waals surface area contributed by atoms with Crippen molar-refractivity contribution in [3.8, 4) is 0 Å². The average Bonchev–Trinajstić information content (AvgIpc) is 2.43. The van der Waals surface area contributed by atoms with E-state index in [1.54, 1.807) is 31.4 Å². The molecular formula is C14H15N3O3. The lowest BCUT2D eigenvalue weighted by atomic mass is 10.1. The molecule has 0 aliphatic carbocycles. The van der Waals surface area contributed by atoms with Gasteiger partial charge in [-0.05, 0) is 18.6 Å². The highest BCUT2D eigenvalue weighted by atomic mass is 16.6. The van der Waals surface area contributed by atoms with E-state index in [9.17, 15) is 14.9 Å². The molecule has 2 rings (SSSR count). The lowest BCUT2D eigenvalue weighted by molar-refractivity contribution is -0.384. The molecule has 2 aromatic rings. The molecule has 0 amide bonds. The third-order valence-corrected chi connectivity index (χ3v) is 3.05. The highest BCUT2D eigenvalue weighted by molar-refractivity contribution is 5.45. The van der Waals surface area contributed by atoms with Crippen LogP contribution < -0.4 is 10.9 Å². The van der Waals surface area contributed by atoms with Crippen LogP contribution in [-0.2, 0) is 7.05 Å². The van der Waals surface area contributed by atoms with E-state index in [1.807, 2.05) is 13.0 Å². The van der Waals surface area contributed by atoms with Crippen molar-refractivity contribution < 1.29 is 4.92 Å². The number of hydrogen-bond donors (Lipinski definition) is 1. The Morgan fingerprint density at radius 2 is 2.05 bits per heavy atom. The summed E-state index contributed by atoms with van der Waals surface area (Å²) >= 11 is 0. The molecule has 0 saturated carbocycles. The zero-order valence-electron chi connectivity index (χ0n) is 11.2. The number of aromatic nitrogens is 1. The number of nitrogens with one attached hydrogen (secondary N) is 1. The number of non-ortho nitro benzene ring substituents is 1. The molecular weight excluding hydrogens is 258 g/mol. The van der Waals surface area contributed by atoms with Crippen molar-refractivity contribution in [2.45, 2.75) is 13.0 Å². The third kappa shape index (κ3) is 3.03. The second-order valence-electron chi connectivity index (χ2n) is 4.59. The predicted molar refractivity (Wildman–Crippen MR) is 76.8 cm³/mol. The molecule has 0 spiro atoms. The topological polar surface area (TPSA) is 77.2 Å². The largest absolute Gasteiger partial charge is 0.377 e. The molecule has 6 nitrogen and oxygen atoms in total. The molecule has 1 aromatic heterocycles. The van der Waals surface area contributed by atoms with Gasteiger partial charge in [-0.3, -0.25) is 14.9 Å². The van der Waals surface area contributed by atoms with Crippen molar-refractivity contribution in [1.82, 2.24) is 4.57 Å². The predicted octanol–water partition coefficient (Wildman–Crippen LogP) is 2.47. The number of nitrogens with zero attached hydrogens (tertiary/aromatic N) is 2. The van der Waals surface area contributed by atoms with Gasteiger partial charge in [-0.1, -0.05) is 12.1 Å². The van der Waals surface area contributed by atoms with Gasteiger partial charge in [0.2, 0.25) is 5.56 Å². The van der Waals surface area contributed by atoms with E-state index in [-0.39, 0.29) is 17.3 Å². The van der Waals surface area contributed by atoms with E-state index in [0.717, 1.165) is 11.3 Å². The lowest BCUT2D eigenvalue weighted by Crippen LogP contribution is -2.16. The van der Waals surface area contributed by atoms with E-state index >= 15 is 0 Å². The van der Waals surface area contributed by atoms with Crippen molar-refractivity contribution in [2.75, 3.05) is 5.32 Å². The third-order valence-electron chi connectivity index (χ3n) is 3.05. The minimum absolute atomic E-state index is 0.0663. The van der Waals surface area contributed by atoms with Crippen LogP contribution in [0.4, 0.5) is 11.4 Å². The summed E-state index contributed by atoms with van der Waals surface area (Å²) in [4.78, 5) is 21.7. The minimum atomic E-state index is -0.414. The fraction of sp³-hybridized carbons (Fsp3) is 0.214. The first-order valence-corrected chi connectivity index (χ1v) is 6.15. The van der Waals surface area contributed by atoms with Gasteiger partial charge in [-0.15, -0.1) is 0 Å². The Hall–Kier alpha value is -2.63. The summed E-state index contributed by atoms with van der Waals surface area (Å²) in [6.07, 6.45) is 1.69. The summed E-state index contributed by atoms with van der Waals surface area (Å²) in [7, 11) is 1.67. The summed E-state index contributed by atoms with van der Waals surface area (Å²) < 4.78 is 1.47. The van der Waals surface area contributed by atoms with Gasteiger partial charge in [0.25, 0.3) is 5.69 Å². The normalized spacial score (nSPS) is 11.9. The quantitative estimate of drug-likeness (QED) is 0.685. The Kier molecular flexibility index (Phi) is 3.84. The highest BCUT2D eigenvalue weighted by Gasteiger charge is 2.11. The SMILES string of the molecule is CC(Nc1ccc(=O)n(C)c1)c1cccc([N+](=O)[O-])c1. The van der Waals surface area contributed by atoms with Gasteiger partial charge in [0, 0.05) is 37.5 Å². The lowest BCUT2D eigenvalue weighted by Gasteiger charge is -2.16. The Balaban J connectivity index is 2.21. The van der Waals surface area contributed by atoms with Crippen molar-refractivity contribution in [1.29, 1.82) is 0 Å². The van der Waals surface area contributed by atoms with E-state index in [1.165, 1.54) is 16.7 Å². The molecule has 1 atom stereocenters. The molecule has 1 unspecified atom stereocenters. The number of rotatable bonds is 4. The number of nitro groups is 1. The first-order chi connectivity index (χ1) is 9.47. The number of aryl methyl sites for hydroxylation is 1. The van der Waals surface area contributed by atoms with Crippen LogP contribution in [0.25, 0.3) is 0 Å². The van der Waals surface area contributed by atoms with Crippen LogP contribution in [-0.4, -0.2) is 9.49 Å². The fourth-order valence-electron chi connectivity index (χ4n) is 1.92. The molecule has 0 fully saturated rings. The number of anilines is 1. The zero-order valence-corrected chi connectivity index (χ0v) is 11.2. The maximum atomic E-state index is 11.3. The van der Waals surface area contributed by atoms with Crippen LogP contribution >= 0.6 is 0 Å². The van der Waals surface area contributed by atoms with Crippen molar-refractivity contribution in [3.63, 3.8) is 0 Å². The van der Waals surface area contributed by atoms with Gasteiger partial charge < -0.3 is 9.88 Å². The molecule has 0 saturated heterocycles. The van der Waals surface area contributed by atoms with Gasteiger partial charge >= 0.3 is 0 Å². The van der Waals surface area contributed by atoms with Crippen LogP contribution in [0.3, 0.4) is 0 Å². The van der Waals surface area contributed by atoms with E-state index in [2.05, 4.69) is 5.32 Å². The number of pyridine rings is 1. The Morgan fingerprint density at radius 1 is 1.30 bits per heavy atom. The number of hydrogen-bond acceptors (Lipinski definition) is 4. The Morgan fingerprint density at radius 3 is 2.70 bits per heavy atom. The monoisotopic (exact) mass is 273 g/mol. The Labute approximate surface area is 115 Å². The second kappa shape index (κ2) is 5.56. The van der Waals surface area contributed by atoms with E-state index < -0.39 is 4.92 Å². The molecule has 1 N–H and O–H groups in total. The maximum absolute atomic E-state index is 11.3. The van der Waals surface area contributed by atoms with Crippen LogP contribution in [0.2, 0.25) is 0 Å². The molecule has 104 valence electrons. The van der Waals surface area contributed by atoms with Gasteiger partial charge in [0.1, 0.15) is 0 Å². The minimum Gasteiger partial charge on any atom is -0.377 e. The Bertz CT molecular complexity index is 694. The standard InChI is InChI=1S/C14H15N3O3/c1-10(11-4-3-5-13(8-11)17(19)20)15-12-6-7-14(18)16(2)9-12/h3-10,15H,1-2H3. The van der Waals surface area contributed by atoms with Gasteiger partial charge in [0.05, 0.1) is 10.6 Å². The average molecular weight is 273 g/mol. The maximum Gasteiger partial charge on any atom is 0.269 e. The van der Waals surface area contributed by atoms with Gasteiger partial charge in [-0.2, -0.15) is 0 Å². The molecule has 20 heavy (non-hydrogen) atoms. The molecule has 0 aliphatic heterocycles. The van der Waals surface area contributed by atoms with Crippen LogP contribution in [0.1, 0.15) is 18.5 Å².